The van der Waals surface area contributed by atoms with E-state index in [1.807, 2.05) is 19.9 Å². The van der Waals surface area contributed by atoms with Crippen LogP contribution in [0.4, 0.5) is 0 Å². The van der Waals surface area contributed by atoms with Crippen molar-refractivity contribution in [1.82, 2.24) is 0 Å². The fourth-order valence-corrected chi connectivity index (χ4v) is 1.94. The number of carbonyl (C=O) groups is 1. The van der Waals surface area contributed by atoms with Gasteiger partial charge in [0.1, 0.15) is 17.4 Å². The molecule has 1 aromatic rings. The first kappa shape index (κ1) is 10.0. The van der Waals surface area contributed by atoms with Crippen molar-refractivity contribution in [3.05, 3.63) is 28.8 Å². The van der Waals surface area contributed by atoms with Crippen molar-refractivity contribution in [3.63, 3.8) is 0 Å². The molecule has 0 spiro atoms. The molecule has 1 aromatic carbocycles. The van der Waals surface area contributed by atoms with Crippen LogP contribution in [0.15, 0.2) is 12.1 Å². The Labute approximate surface area is 88.7 Å². The summed E-state index contributed by atoms with van der Waals surface area (Å²) in [4.78, 5) is 11.6. The van der Waals surface area contributed by atoms with Crippen LogP contribution in [0.3, 0.4) is 0 Å². The molecular formula is C12H14O3. The minimum atomic E-state index is -0.399. The Kier molecular flexibility index (Phi) is 2.39. The van der Waals surface area contributed by atoms with Crippen LogP contribution >= 0.6 is 0 Å². The zero-order valence-corrected chi connectivity index (χ0v) is 8.91. The second-order valence-corrected chi connectivity index (χ2v) is 3.89. The van der Waals surface area contributed by atoms with E-state index in [0.29, 0.717) is 12.0 Å². The molecular weight excluding hydrogens is 192 g/mol. The lowest BCUT2D eigenvalue weighted by Gasteiger charge is -2.25. The number of carbonyl (C=O) groups excluding carboxylic acids is 1. The monoisotopic (exact) mass is 206 g/mol. The van der Waals surface area contributed by atoms with Crippen LogP contribution in [0.1, 0.15) is 34.8 Å². The van der Waals surface area contributed by atoms with Crippen LogP contribution in [0.25, 0.3) is 0 Å². The van der Waals surface area contributed by atoms with Gasteiger partial charge in [0, 0.05) is 6.42 Å². The number of rotatable bonds is 1. The number of ether oxygens (including phenoxy) is 1. The fourth-order valence-electron chi connectivity index (χ4n) is 1.94. The van der Waals surface area contributed by atoms with Crippen molar-refractivity contribution in [1.29, 1.82) is 0 Å². The number of hydrogen-bond acceptors (Lipinski definition) is 3. The van der Waals surface area contributed by atoms with E-state index in [9.17, 15) is 9.90 Å². The topological polar surface area (TPSA) is 46.5 Å². The molecule has 80 valence electrons. The number of esters is 1. The summed E-state index contributed by atoms with van der Waals surface area (Å²) in [5, 5.41) is 9.61. The first-order chi connectivity index (χ1) is 7.13. The summed E-state index contributed by atoms with van der Waals surface area (Å²) in [5.41, 5.74) is 2.32. The molecule has 1 aliphatic rings. The van der Waals surface area contributed by atoms with Crippen molar-refractivity contribution in [3.8, 4) is 5.75 Å². The van der Waals surface area contributed by atoms with Gasteiger partial charge in [-0.05, 0) is 30.5 Å². The highest BCUT2D eigenvalue weighted by atomic mass is 16.5. The van der Waals surface area contributed by atoms with E-state index in [1.54, 1.807) is 6.07 Å². The fraction of sp³-hybridized carbons (Fsp3) is 0.417. The Hall–Kier alpha value is -1.51. The molecule has 2 rings (SSSR count). The van der Waals surface area contributed by atoms with E-state index in [1.165, 1.54) is 0 Å². The summed E-state index contributed by atoms with van der Waals surface area (Å²) in [5.74, 6) is -0.376. The van der Waals surface area contributed by atoms with Crippen LogP contribution in [-0.4, -0.2) is 17.2 Å². The third-order valence-corrected chi connectivity index (χ3v) is 2.89. The predicted octanol–water partition coefficient (Wildman–Crippen LogP) is 2.19. The van der Waals surface area contributed by atoms with Crippen LogP contribution in [0, 0.1) is 6.92 Å². The maximum absolute atomic E-state index is 11.6. The zero-order valence-electron chi connectivity index (χ0n) is 8.91. The smallest absolute Gasteiger partial charge is 0.342 e. The van der Waals surface area contributed by atoms with Gasteiger partial charge in [-0.15, -0.1) is 0 Å². The van der Waals surface area contributed by atoms with Crippen LogP contribution < -0.4 is 0 Å². The van der Waals surface area contributed by atoms with Crippen molar-refractivity contribution >= 4 is 5.97 Å². The first-order valence-electron chi connectivity index (χ1n) is 5.16. The second-order valence-electron chi connectivity index (χ2n) is 3.89. The molecule has 3 nitrogen and oxygen atoms in total. The molecule has 1 heterocycles. The molecule has 15 heavy (non-hydrogen) atoms. The Balaban J connectivity index is 2.53. The van der Waals surface area contributed by atoms with E-state index in [4.69, 9.17) is 4.74 Å². The molecule has 3 heteroatoms. The summed E-state index contributed by atoms with van der Waals surface area (Å²) in [6, 6.07) is 3.38. The van der Waals surface area contributed by atoms with Gasteiger partial charge in [0.25, 0.3) is 0 Å². The van der Waals surface area contributed by atoms with Gasteiger partial charge >= 0.3 is 5.97 Å². The summed E-state index contributed by atoms with van der Waals surface area (Å²) < 4.78 is 5.20. The molecule has 0 unspecified atom stereocenters. The molecule has 0 fully saturated rings. The normalized spacial score (nSPS) is 19.6. The number of cyclic esters (lactones) is 1. The quantitative estimate of drug-likeness (QED) is 0.716. The maximum atomic E-state index is 11.6. The third-order valence-electron chi connectivity index (χ3n) is 2.89. The largest absolute Gasteiger partial charge is 0.507 e. The zero-order chi connectivity index (χ0) is 11.0. The molecule has 1 atom stereocenters. The molecule has 1 N–H and O–H groups in total. The van der Waals surface area contributed by atoms with E-state index >= 15 is 0 Å². The summed E-state index contributed by atoms with van der Waals surface area (Å²) in [6.07, 6.45) is 1.46. The Morgan fingerprint density at radius 2 is 2.27 bits per heavy atom. The van der Waals surface area contributed by atoms with Gasteiger partial charge in [-0.25, -0.2) is 4.79 Å². The second kappa shape index (κ2) is 3.57. The van der Waals surface area contributed by atoms with Gasteiger partial charge in [0.15, 0.2) is 0 Å². The molecule has 1 aliphatic heterocycles. The third kappa shape index (κ3) is 1.58. The van der Waals surface area contributed by atoms with E-state index in [2.05, 4.69) is 0 Å². The van der Waals surface area contributed by atoms with Crippen molar-refractivity contribution < 1.29 is 14.6 Å². The summed E-state index contributed by atoms with van der Waals surface area (Å²) >= 11 is 0. The first-order valence-corrected chi connectivity index (χ1v) is 5.16. The number of hydrogen-bond donors (Lipinski definition) is 1. The molecule has 0 saturated heterocycles. The van der Waals surface area contributed by atoms with Gasteiger partial charge in [-0.2, -0.15) is 0 Å². The van der Waals surface area contributed by atoms with Gasteiger partial charge in [-0.1, -0.05) is 13.0 Å². The molecule has 0 aromatic heterocycles. The average Bonchev–Trinajstić information content (AvgIpc) is 2.23. The summed E-state index contributed by atoms with van der Waals surface area (Å²) in [7, 11) is 0. The highest BCUT2D eigenvalue weighted by molar-refractivity contribution is 5.95. The molecule has 0 aliphatic carbocycles. The van der Waals surface area contributed by atoms with Gasteiger partial charge < -0.3 is 9.84 Å². The molecule has 0 radical (unpaired) electrons. The van der Waals surface area contributed by atoms with E-state index < -0.39 is 5.97 Å². The number of phenolic OH excluding ortho intramolecular Hbond substituents is 1. The Morgan fingerprint density at radius 1 is 1.53 bits per heavy atom. The minimum Gasteiger partial charge on any atom is -0.507 e. The highest BCUT2D eigenvalue weighted by Crippen LogP contribution is 2.31. The van der Waals surface area contributed by atoms with E-state index in [-0.39, 0.29) is 11.9 Å². The van der Waals surface area contributed by atoms with Gasteiger partial charge in [0.2, 0.25) is 0 Å². The van der Waals surface area contributed by atoms with Crippen molar-refractivity contribution in [2.24, 2.45) is 0 Å². The number of aryl methyl sites for hydroxylation is 1. The lowest BCUT2D eigenvalue weighted by Crippen LogP contribution is -2.27. The van der Waals surface area contributed by atoms with Crippen LogP contribution in [0.5, 0.6) is 5.75 Å². The molecule has 0 bridgehead atoms. The SMILES string of the molecule is CC[C@@H]1Cc2c(C)ccc(O)c2C(=O)O1. The van der Waals surface area contributed by atoms with E-state index in [0.717, 1.165) is 17.5 Å². The lowest BCUT2D eigenvalue weighted by molar-refractivity contribution is 0.0244. The Bertz CT molecular complexity index is 410. The maximum Gasteiger partial charge on any atom is 0.342 e. The summed E-state index contributed by atoms with van der Waals surface area (Å²) in [6.45, 7) is 3.94. The number of phenols is 1. The molecule has 0 amide bonds. The van der Waals surface area contributed by atoms with Crippen LogP contribution in [-0.2, 0) is 11.2 Å². The van der Waals surface area contributed by atoms with Gasteiger partial charge in [-0.3, -0.25) is 0 Å². The standard InChI is InChI=1S/C12H14O3/c1-3-8-6-9-7(2)4-5-10(13)11(9)12(14)15-8/h4-5,8,13H,3,6H2,1-2H3/t8-/m1/s1. The number of fused-ring (bicyclic) bond motifs is 1. The van der Waals surface area contributed by atoms with Crippen LogP contribution in [0.2, 0.25) is 0 Å². The van der Waals surface area contributed by atoms with Crippen molar-refractivity contribution in [2.75, 3.05) is 0 Å². The Morgan fingerprint density at radius 3 is 2.93 bits per heavy atom. The van der Waals surface area contributed by atoms with Crippen molar-refractivity contribution in [2.45, 2.75) is 32.8 Å². The predicted molar refractivity (Wildman–Crippen MR) is 56.0 cm³/mol. The molecule has 0 saturated carbocycles. The lowest BCUT2D eigenvalue weighted by atomic mass is 9.93. The number of benzene rings is 1. The highest BCUT2D eigenvalue weighted by Gasteiger charge is 2.28. The minimum absolute atomic E-state index is 0.0233. The average molecular weight is 206 g/mol. The van der Waals surface area contributed by atoms with Gasteiger partial charge in [0.05, 0.1) is 0 Å². The number of aromatic hydroxyl groups is 1.